The molecular formula is C36H47N3O3S. The minimum Gasteiger partial charge on any atom is -0.480 e. The first-order valence-electron chi connectivity index (χ1n) is 15.9. The van der Waals surface area contributed by atoms with E-state index in [1.807, 2.05) is 18.2 Å². The summed E-state index contributed by atoms with van der Waals surface area (Å²) in [5.41, 5.74) is 4.79. The van der Waals surface area contributed by atoms with Gasteiger partial charge in [0.15, 0.2) is 0 Å². The fraction of sp³-hybridized carbons (Fsp3) is 0.500. The Morgan fingerprint density at radius 2 is 1.42 bits per heavy atom. The molecule has 2 fully saturated rings. The summed E-state index contributed by atoms with van der Waals surface area (Å²) in [6, 6.07) is 20.2. The van der Waals surface area contributed by atoms with Gasteiger partial charge in [-0.2, -0.15) is 0 Å². The summed E-state index contributed by atoms with van der Waals surface area (Å²) >= 11 is 1.42. The molecule has 1 saturated heterocycles. The fourth-order valence-corrected chi connectivity index (χ4v) is 7.42. The standard InChI is InChI=1S/C36H47N3O3S/c1-5-25-6-10-27(11-7-25)28-12-16-30(17-13-28)39-22-20-38(21-23-39)29-14-8-26(9-15-29)24-31(35(41)42)37-34(40)32-18-19-33(43-32)36(2,3)4/h8-9,12-19,25,27,31H,5-7,10-11,20-24H2,1-4H3,(H,37,40)(H,41,42)/t25-,27-,31-/m0/s1. The summed E-state index contributed by atoms with van der Waals surface area (Å²) in [6.07, 6.45) is 6.96. The topological polar surface area (TPSA) is 72.9 Å². The Morgan fingerprint density at radius 1 is 0.860 bits per heavy atom. The van der Waals surface area contributed by atoms with Gasteiger partial charge in [0.1, 0.15) is 6.04 Å². The van der Waals surface area contributed by atoms with E-state index in [0.29, 0.717) is 4.88 Å². The Hall–Kier alpha value is -3.32. The molecule has 7 heteroatoms. The molecule has 0 radical (unpaired) electrons. The van der Waals surface area contributed by atoms with Crippen LogP contribution in [0, 0.1) is 5.92 Å². The fourth-order valence-electron chi connectivity index (χ4n) is 6.46. The number of hydrogen-bond acceptors (Lipinski definition) is 5. The number of carboxylic acids is 1. The van der Waals surface area contributed by atoms with Gasteiger partial charge in [-0.05, 0) is 90.5 Å². The van der Waals surface area contributed by atoms with Crippen molar-refractivity contribution in [2.24, 2.45) is 5.92 Å². The van der Waals surface area contributed by atoms with Crippen LogP contribution in [0.1, 0.15) is 91.4 Å². The number of thiophene rings is 1. The molecule has 3 aromatic rings. The van der Waals surface area contributed by atoms with Crippen molar-refractivity contribution in [2.75, 3.05) is 36.0 Å². The van der Waals surface area contributed by atoms with Crippen LogP contribution in [0.25, 0.3) is 0 Å². The molecule has 2 heterocycles. The molecule has 0 bridgehead atoms. The lowest BCUT2D eigenvalue weighted by Gasteiger charge is -2.37. The van der Waals surface area contributed by atoms with Gasteiger partial charge in [0.2, 0.25) is 0 Å². The van der Waals surface area contributed by atoms with Gasteiger partial charge in [-0.1, -0.05) is 58.4 Å². The van der Waals surface area contributed by atoms with Gasteiger partial charge in [-0.25, -0.2) is 4.79 Å². The summed E-state index contributed by atoms with van der Waals surface area (Å²) in [4.78, 5) is 31.3. The number of benzene rings is 2. The first kappa shape index (κ1) is 31.1. The highest BCUT2D eigenvalue weighted by molar-refractivity contribution is 7.14. The predicted octanol–water partition coefficient (Wildman–Crippen LogP) is 7.48. The molecule has 1 atom stereocenters. The number of rotatable bonds is 9. The lowest BCUT2D eigenvalue weighted by atomic mass is 9.78. The van der Waals surface area contributed by atoms with Crippen molar-refractivity contribution in [1.82, 2.24) is 5.32 Å². The Labute approximate surface area is 261 Å². The molecule has 1 saturated carbocycles. The minimum absolute atomic E-state index is 0.0533. The van der Waals surface area contributed by atoms with Crippen LogP contribution in [0.4, 0.5) is 11.4 Å². The number of hydrogen-bond donors (Lipinski definition) is 2. The van der Waals surface area contributed by atoms with Crippen LogP contribution in [0.15, 0.2) is 60.7 Å². The van der Waals surface area contributed by atoms with Crippen LogP contribution in [-0.2, 0) is 16.6 Å². The monoisotopic (exact) mass is 601 g/mol. The normalized spacial score (nSPS) is 20.1. The van der Waals surface area contributed by atoms with Gasteiger partial charge in [0.05, 0.1) is 4.88 Å². The summed E-state index contributed by atoms with van der Waals surface area (Å²) in [6.45, 7) is 12.4. The number of nitrogens with one attached hydrogen (secondary N) is 1. The molecule has 2 aliphatic rings. The van der Waals surface area contributed by atoms with Gasteiger partial charge in [0.25, 0.3) is 5.91 Å². The number of anilines is 2. The third-order valence-electron chi connectivity index (χ3n) is 9.35. The van der Waals surface area contributed by atoms with Crippen LogP contribution < -0.4 is 15.1 Å². The smallest absolute Gasteiger partial charge is 0.326 e. The van der Waals surface area contributed by atoms with Crippen molar-refractivity contribution < 1.29 is 14.7 Å². The molecule has 43 heavy (non-hydrogen) atoms. The van der Waals surface area contributed by atoms with Crippen LogP contribution in [0.2, 0.25) is 0 Å². The molecule has 0 spiro atoms. The van der Waals surface area contributed by atoms with E-state index < -0.39 is 12.0 Å². The minimum atomic E-state index is -1.03. The third-order valence-corrected chi connectivity index (χ3v) is 10.9. The highest BCUT2D eigenvalue weighted by Gasteiger charge is 2.25. The van der Waals surface area contributed by atoms with E-state index >= 15 is 0 Å². The van der Waals surface area contributed by atoms with Crippen LogP contribution in [-0.4, -0.2) is 49.2 Å². The van der Waals surface area contributed by atoms with E-state index in [0.717, 1.165) is 54.1 Å². The first-order valence-corrected chi connectivity index (χ1v) is 16.7. The van der Waals surface area contributed by atoms with Crippen molar-refractivity contribution in [3.05, 3.63) is 81.5 Å². The number of piperazine rings is 1. The average Bonchev–Trinajstić information content (AvgIpc) is 3.53. The Morgan fingerprint density at radius 3 is 1.91 bits per heavy atom. The molecule has 230 valence electrons. The molecule has 1 aromatic heterocycles. The zero-order chi connectivity index (χ0) is 30.6. The second-order valence-corrected chi connectivity index (χ2v) is 14.4. The molecule has 6 nitrogen and oxygen atoms in total. The largest absolute Gasteiger partial charge is 0.480 e. The third kappa shape index (κ3) is 7.80. The van der Waals surface area contributed by atoms with Crippen molar-refractivity contribution in [2.45, 2.75) is 83.6 Å². The maximum Gasteiger partial charge on any atom is 0.326 e. The van der Waals surface area contributed by atoms with E-state index in [1.54, 1.807) is 6.07 Å². The first-order chi connectivity index (χ1) is 20.6. The molecule has 1 amide bonds. The van der Waals surface area contributed by atoms with Gasteiger partial charge in [-0.15, -0.1) is 11.3 Å². The number of aliphatic carboxylic acids is 1. The molecule has 5 rings (SSSR count). The predicted molar refractivity (Wildman–Crippen MR) is 178 cm³/mol. The zero-order valence-corrected chi connectivity index (χ0v) is 27.0. The van der Waals surface area contributed by atoms with E-state index in [4.69, 9.17) is 0 Å². The second kappa shape index (κ2) is 13.5. The highest BCUT2D eigenvalue weighted by atomic mass is 32.1. The summed E-state index contributed by atoms with van der Waals surface area (Å²) in [7, 11) is 0. The Kier molecular flexibility index (Phi) is 9.80. The van der Waals surface area contributed by atoms with Gasteiger partial charge >= 0.3 is 5.97 Å². The number of carboxylic acid groups (broad SMARTS) is 1. The van der Waals surface area contributed by atoms with Crippen LogP contribution >= 0.6 is 11.3 Å². The van der Waals surface area contributed by atoms with Crippen molar-refractivity contribution in [1.29, 1.82) is 0 Å². The average molecular weight is 602 g/mol. The zero-order valence-electron chi connectivity index (χ0n) is 26.1. The highest BCUT2D eigenvalue weighted by Crippen LogP contribution is 2.37. The van der Waals surface area contributed by atoms with Gasteiger partial charge < -0.3 is 20.2 Å². The maximum absolute atomic E-state index is 12.8. The van der Waals surface area contributed by atoms with Gasteiger partial charge in [0, 0.05) is 48.9 Å². The molecule has 2 aromatic carbocycles. The Balaban J connectivity index is 1.12. The maximum atomic E-state index is 12.8. The quantitative estimate of drug-likeness (QED) is 0.266. The Bertz CT molecular complexity index is 1360. The lowest BCUT2D eigenvalue weighted by molar-refractivity contribution is -0.139. The molecule has 1 aliphatic carbocycles. The van der Waals surface area contributed by atoms with Gasteiger partial charge in [-0.3, -0.25) is 4.79 Å². The van der Waals surface area contributed by atoms with Crippen LogP contribution in [0.5, 0.6) is 0 Å². The SMILES string of the molecule is CC[C@H]1CC[C@H](c2ccc(N3CCN(c4ccc(C[C@H](NC(=O)c5ccc(C(C)(C)C)s5)C(=O)O)cc4)CC3)cc2)CC1. The summed E-state index contributed by atoms with van der Waals surface area (Å²) in [5.74, 6) is 0.284. The number of amides is 1. The molecule has 2 N–H and O–H groups in total. The summed E-state index contributed by atoms with van der Waals surface area (Å²) < 4.78 is 0. The van der Waals surface area contributed by atoms with E-state index in [-0.39, 0.29) is 17.7 Å². The molecule has 0 unspecified atom stereocenters. The lowest BCUT2D eigenvalue weighted by Crippen LogP contribution is -2.46. The number of carbonyl (C=O) groups excluding carboxylic acids is 1. The van der Waals surface area contributed by atoms with Crippen molar-refractivity contribution in [3.8, 4) is 0 Å². The van der Waals surface area contributed by atoms with Crippen molar-refractivity contribution in [3.63, 3.8) is 0 Å². The number of nitrogens with zero attached hydrogens (tertiary/aromatic N) is 2. The molecule has 1 aliphatic heterocycles. The van der Waals surface area contributed by atoms with E-state index in [9.17, 15) is 14.7 Å². The van der Waals surface area contributed by atoms with Crippen LogP contribution in [0.3, 0.4) is 0 Å². The summed E-state index contributed by atoms with van der Waals surface area (Å²) in [5, 5.41) is 12.5. The number of carbonyl (C=O) groups is 2. The van der Waals surface area contributed by atoms with E-state index in [2.05, 4.69) is 79.2 Å². The van der Waals surface area contributed by atoms with E-state index in [1.165, 1.54) is 54.7 Å². The van der Waals surface area contributed by atoms with Crippen molar-refractivity contribution >= 4 is 34.6 Å². The second-order valence-electron chi connectivity index (χ2n) is 13.3. The molecular weight excluding hydrogens is 554 g/mol.